The second kappa shape index (κ2) is 11.0. The Morgan fingerprint density at radius 3 is 2.49 bits per heavy atom. The fourth-order valence-corrected chi connectivity index (χ4v) is 4.86. The zero-order valence-electron chi connectivity index (χ0n) is 18.6. The maximum atomic E-state index is 13.4. The second-order valence-electron chi connectivity index (χ2n) is 7.76. The highest BCUT2D eigenvalue weighted by molar-refractivity contribution is 14.1. The highest BCUT2D eigenvalue weighted by Crippen LogP contribution is 2.36. The first-order chi connectivity index (χ1) is 17.2. The minimum absolute atomic E-state index is 0.117. The van der Waals surface area contributed by atoms with Gasteiger partial charge in [0, 0.05) is 9.13 Å². The average Bonchev–Trinajstić information content (AvgIpc) is 3.49. The molecule has 2 heterocycles. The monoisotopic (exact) mass is 592 g/mol. The fourth-order valence-electron chi connectivity index (χ4n) is 3.52. The van der Waals surface area contributed by atoms with Crippen LogP contribution in [0.4, 0.5) is 5.69 Å². The SMILES string of the molecule is O=C1/C(=C/c2ccccc2OCc2ccc(I)cc2)SC(=Nc2ccccc2)N1Cc1ccco1. The molecule has 0 N–H and O–H groups in total. The average molecular weight is 592 g/mol. The maximum absolute atomic E-state index is 13.4. The van der Waals surface area contributed by atoms with Gasteiger partial charge in [0.1, 0.15) is 18.1 Å². The number of hydrogen-bond donors (Lipinski definition) is 0. The zero-order chi connectivity index (χ0) is 24.0. The number of thioether (sulfide) groups is 1. The van der Waals surface area contributed by atoms with Gasteiger partial charge in [-0.3, -0.25) is 9.69 Å². The summed E-state index contributed by atoms with van der Waals surface area (Å²) in [7, 11) is 0. The van der Waals surface area contributed by atoms with Crippen molar-refractivity contribution < 1.29 is 13.9 Å². The Kier molecular flexibility index (Phi) is 7.34. The summed E-state index contributed by atoms with van der Waals surface area (Å²) in [6.07, 6.45) is 3.48. The van der Waals surface area contributed by atoms with Gasteiger partial charge in [-0.1, -0.05) is 48.5 Å². The fraction of sp³-hybridized carbons (Fsp3) is 0.0714. The third-order valence-electron chi connectivity index (χ3n) is 5.28. The summed E-state index contributed by atoms with van der Waals surface area (Å²) in [5.41, 5.74) is 2.71. The van der Waals surface area contributed by atoms with Crippen LogP contribution >= 0.6 is 34.4 Å². The van der Waals surface area contributed by atoms with Gasteiger partial charge in [0.2, 0.25) is 0 Å². The lowest BCUT2D eigenvalue weighted by molar-refractivity contribution is -0.122. The Balaban J connectivity index is 1.42. The smallest absolute Gasteiger partial charge is 0.267 e. The van der Waals surface area contributed by atoms with E-state index in [9.17, 15) is 4.79 Å². The van der Waals surface area contributed by atoms with Gasteiger partial charge in [-0.2, -0.15) is 0 Å². The molecule has 0 unspecified atom stereocenters. The Labute approximate surface area is 221 Å². The van der Waals surface area contributed by atoms with Gasteiger partial charge in [-0.25, -0.2) is 4.99 Å². The number of carbonyl (C=O) groups excluding carboxylic acids is 1. The van der Waals surface area contributed by atoms with Gasteiger partial charge in [0.05, 0.1) is 23.4 Å². The molecule has 4 aromatic rings. The van der Waals surface area contributed by atoms with E-state index >= 15 is 0 Å². The molecule has 1 amide bonds. The number of aliphatic imine (C=N–C) groups is 1. The van der Waals surface area contributed by atoms with Gasteiger partial charge in [-0.15, -0.1) is 0 Å². The van der Waals surface area contributed by atoms with Crippen molar-refractivity contribution >= 4 is 57.2 Å². The van der Waals surface area contributed by atoms with E-state index in [2.05, 4.69) is 46.9 Å². The summed E-state index contributed by atoms with van der Waals surface area (Å²) in [5, 5.41) is 0.612. The largest absolute Gasteiger partial charge is 0.488 e. The molecule has 0 radical (unpaired) electrons. The Morgan fingerprint density at radius 1 is 0.943 bits per heavy atom. The standard InChI is InChI=1S/C28H21IN2O3S/c29-22-14-12-20(13-15-22)19-34-25-11-5-4-7-21(25)17-26-27(32)31(18-24-10-6-16-33-24)28(35-26)30-23-8-2-1-3-9-23/h1-17H,18-19H2/b26-17-,30-28?. The molecule has 35 heavy (non-hydrogen) atoms. The molecule has 0 spiro atoms. The van der Waals surface area contributed by atoms with Crippen LogP contribution < -0.4 is 4.74 Å². The lowest BCUT2D eigenvalue weighted by atomic mass is 10.1. The molecule has 1 saturated heterocycles. The van der Waals surface area contributed by atoms with Crippen LogP contribution in [0.25, 0.3) is 6.08 Å². The second-order valence-corrected chi connectivity index (χ2v) is 10.0. The van der Waals surface area contributed by atoms with Crippen LogP contribution in [0, 0.1) is 3.57 Å². The lowest BCUT2D eigenvalue weighted by Gasteiger charge is -2.13. The Bertz CT molecular complexity index is 1370. The van der Waals surface area contributed by atoms with Crippen LogP contribution in [-0.2, 0) is 17.9 Å². The summed E-state index contributed by atoms with van der Waals surface area (Å²) in [6, 6.07) is 29.3. The quantitative estimate of drug-likeness (QED) is 0.167. The third-order valence-corrected chi connectivity index (χ3v) is 7.00. The number of rotatable bonds is 7. The zero-order valence-corrected chi connectivity index (χ0v) is 21.6. The number of halogens is 1. The number of carbonyl (C=O) groups is 1. The highest BCUT2D eigenvalue weighted by atomic mass is 127. The van der Waals surface area contributed by atoms with Crippen molar-refractivity contribution in [3.63, 3.8) is 0 Å². The van der Waals surface area contributed by atoms with Gasteiger partial charge in [0.25, 0.3) is 5.91 Å². The van der Waals surface area contributed by atoms with Crippen LogP contribution in [0.1, 0.15) is 16.9 Å². The van der Waals surface area contributed by atoms with E-state index in [1.54, 1.807) is 11.2 Å². The number of nitrogens with zero attached hydrogens (tertiary/aromatic N) is 2. The molecule has 7 heteroatoms. The van der Waals surface area contributed by atoms with Gasteiger partial charge in [-0.05, 0) is 88.5 Å². The molecule has 1 fully saturated rings. The number of hydrogen-bond acceptors (Lipinski definition) is 5. The third kappa shape index (κ3) is 5.86. The van der Waals surface area contributed by atoms with Gasteiger partial charge < -0.3 is 9.15 Å². The minimum Gasteiger partial charge on any atom is -0.488 e. The summed E-state index contributed by atoms with van der Waals surface area (Å²) in [6.45, 7) is 0.760. The van der Waals surface area contributed by atoms with Crippen LogP contribution in [0.5, 0.6) is 5.75 Å². The van der Waals surface area contributed by atoms with Crippen molar-refractivity contribution in [1.29, 1.82) is 0 Å². The molecule has 1 aromatic heterocycles. The number of amides is 1. The Hall–Kier alpha value is -3.30. The van der Waals surface area contributed by atoms with E-state index < -0.39 is 0 Å². The first-order valence-corrected chi connectivity index (χ1v) is 12.9. The number of para-hydroxylation sites is 2. The van der Waals surface area contributed by atoms with Crippen molar-refractivity contribution in [3.8, 4) is 5.75 Å². The minimum atomic E-state index is -0.117. The van der Waals surface area contributed by atoms with E-state index in [1.807, 2.05) is 72.8 Å². The molecule has 5 nitrogen and oxygen atoms in total. The molecule has 174 valence electrons. The molecule has 3 aromatic carbocycles. The van der Waals surface area contributed by atoms with Crippen LogP contribution in [0.2, 0.25) is 0 Å². The topological polar surface area (TPSA) is 55.0 Å². The molecule has 5 rings (SSSR count). The number of amidine groups is 1. The van der Waals surface area contributed by atoms with Crippen molar-refractivity contribution in [2.24, 2.45) is 4.99 Å². The molecular formula is C28H21IN2O3S. The van der Waals surface area contributed by atoms with E-state index in [4.69, 9.17) is 14.1 Å². The van der Waals surface area contributed by atoms with E-state index in [-0.39, 0.29) is 5.91 Å². The molecule has 1 aliphatic rings. The summed E-state index contributed by atoms with van der Waals surface area (Å²) < 4.78 is 12.8. The summed E-state index contributed by atoms with van der Waals surface area (Å²) in [5.74, 6) is 1.30. The van der Waals surface area contributed by atoms with Crippen molar-refractivity contribution in [2.75, 3.05) is 0 Å². The first kappa shape index (κ1) is 23.4. The van der Waals surface area contributed by atoms with Gasteiger partial charge in [0.15, 0.2) is 5.17 Å². The molecule has 0 saturated carbocycles. The van der Waals surface area contributed by atoms with Gasteiger partial charge >= 0.3 is 0 Å². The van der Waals surface area contributed by atoms with E-state index in [1.165, 1.54) is 15.3 Å². The van der Waals surface area contributed by atoms with Crippen LogP contribution in [0.3, 0.4) is 0 Å². The maximum Gasteiger partial charge on any atom is 0.267 e. The number of furan rings is 1. The van der Waals surface area contributed by atoms with Crippen LogP contribution in [0.15, 0.2) is 112 Å². The predicted molar refractivity (Wildman–Crippen MR) is 148 cm³/mol. The van der Waals surface area contributed by atoms with E-state index in [0.717, 1.165) is 22.6 Å². The Morgan fingerprint density at radius 2 is 1.71 bits per heavy atom. The summed E-state index contributed by atoms with van der Waals surface area (Å²) >= 11 is 3.64. The van der Waals surface area contributed by atoms with Crippen molar-refractivity contribution in [2.45, 2.75) is 13.2 Å². The molecule has 0 atom stereocenters. The predicted octanol–water partition coefficient (Wildman–Crippen LogP) is 7.27. The number of benzene rings is 3. The molecule has 1 aliphatic heterocycles. The lowest BCUT2D eigenvalue weighted by Crippen LogP contribution is -2.28. The first-order valence-electron chi connectivity index (χ1n) is 11.0. The van der Waals surface area contributed by atoms with Crippen molar-refractivity contribution in [3.05, 3.63) is 123 Å². The highest BCUT2D eigenvalue weighted by Gasteiger charge is 2.34. The van der Waals surface area contributed by atoms with Crippen LogP contribution in [-0.4, -0.2) is 16.0 Å². The molecule has 0 aliphatic carbocycles. The summed E-state index contributed by atoms with van der Waals surface area (Å²) in [4.78, 5) is 20.4. The van der Waals surface area contributed by atoms with E-state index in [0.29, 0.717) is 29.0 Å². The van der Waals surface area contributed by atoms with Crippen molar-refractivity contribution in [1.82, 2.24) is 4.90 Å². The molecule has 0 bridgehead atoms. The molecular weight excluding hydrogens is 571 g/mol. The number of ether oxygens (including phenoxy) is 1. The normalized spacial score (nSPS) is 15.8.